The van der Waals surface area contributed by atoms with Crippen LogP contribution >= 0.6 is 0 Å². The van der Waals surface area contributed by atoms with Gasteiger partial charge in [-0.15, -0.1) is 0 Å². The number of nitrogens with one attached hydrogen (secondary N) is 1. The molecule has 6 aromatic rings. The average Bonchev–Trinajstić information content (AvgIpc) is 3.47. The molecule has 0 saturated heterocycles. The molecule has 0 aliphatic carbocycles. The Labute approximate surface area is 267 Å². The fraction of sp³-hybridized carbons (Fsp3) is 0.105. The number of sulfone groups is 1. The summed E-state index contributed by atoms with van der Waals surface area (Å²) in [6.07, 6.45) is 3.13. The van der Waals surface area contributed by atoms with Crippen LogP contribution in [-0.2, 0) is 16.4 Å². The van der Waals surface area contributed by atoms with Crippen molar-refractivity contribution in [3.63, 3.8) is 0 Å². The molecule has 6 rings (SSSR count). The highest BCUT2D eigenvalue weighted by molar-refractivity contribution is 7.90. The Hall–Kier alpha value is -5.47. The number of benzene rings is 5. The smallest absolute Gasteiger partial charge is 0.335 e. The quantitative estimate of drug-likeness (QED) is 0.171. The van der Waals surface area contributed by atoms with Crippen molar-refractivity contribution < 1.29 is 23.1 Å². The van der Waals surface area contributed by atoms with Crippen LogP contribution in [0.2, 0.25) is 0 Å². The first kappa shape index (κ1) is 30.6. The predicted octanol–water partition coefficient (Wildman–Crippen LogP) is 7.62. The number of amides is 1. The lowest BCUT2D eigenvalue weighted by molar-refractivity contribution is 0.0696. The first-order chi connectivity index (χ1) is 22.1. The summed E-state index contributed by atoms with van der Waals surface area (Å²) in [7, 11) is -3.43. The van der Waals surface area contributed by atoms with Crippen LogP contribution in [0.5, 0.6) is 0 Å². The highest BCUT2D eigenvalue weighted by Gasteiger charge is 2.20. The summed E-state index contributed by atoms with van der Waals surface area (Å²) < 4.78 is 26.6. The Kier molecular flexibility index (Phi) is 8.30. The zero-order valence-electron chi connectivity index (χ0n) is 25.3. The molecule has 5 aromatic carbocycles. The van der Waals surface area contributed by atoms with Gasteiger partial charge in [0.2, 0.25) is 0 Å². The Morgan fingerprint density at radius 1 is 0.761 bits per heavy atom. The van der Waals surface area contributed by atoms with E-state index in [4.69, 9.17) is 0 Å². The van der Waals surface area contributed by atoms with Gasteiger partial charge in [0.15, 0.2) is 9.84 Å². The summed E-state index contributed by atoms with van der Waals surface area (Å²) in [5.74, 6) is -1.32. The van der Waals surface area contributed by atoms with Gasteiger partial charge in [-0.3, -0.25) is 4.79 Å². The van der Waals surface area contributed by atoms with E-state index in [1.54, 1.807) is 36.4 Å². The summed E-state index contributed by atoms with van der Waals surface area (Å²) in [4.78, 5) is 25.5. The first-order valence-corrected chi connectivity index (χ1v) is 16.7. The second kappa shape index (κ2) is 12.5. The third-order valence-corrected chi connectivity index (χ3v) is 9.23. The molecule has 1 atom stereocenters. The molecule has 0 spiro atoms. The van der Waals surface area contributed by atoms with Crippen molar-refractivity contribution in [1.82, 2.24) is 9.88 Å². The van der Waals surface area contributed by atoms with Crippen LogP contribution in [0.25, 0.3) is 33.2 Å². The van der Waals surface area contributed by atoms with Gasteiger partial charge >= 0.3 is 5.97 Å². The lowest BCUT2D eigenvalue weighted by Crippen LogP contribution is -2.27. The summed E-state index contributed by atoms with van der Waals surface area (Å²) in [5.41, 5.74) is 6.85. The Balaban J connectivity index is 1.38. The first-order valence-electron chi connectivity index (χ1n) is 14.8. The van der Waals surface area contributed by atoms with E-state index in [1.807, 2.05) is 54.1 Å². The zero-order chi connectivity index (χ0) is 32.4. The highest BCUT2D eigenvalue weighted by atomic mass is 32.2. The maximum Gasteiger partial charge on any atom is 0.335 e. The number of hydrogen-bond donors (Lipinski definition) is 2. The standard InChI is InChI=1S/C38H32N2O5S/c1-25(27-15-17-30(18-16-27)38(42)43)39-37(41)35-23-33(31-9-6-10-34(22-31)46(2,44)45)21-32-19-20-40(36(32)35)24-26-11-13-29(14-12-26)28-7-4-3-5-8-28/h3-23,25H,24H2,1-2H3,(H,39,41)(H,42,43)/t25-/m0/s1. The lowest BCUT2D eigenvalue weighted by Gasteiger charge is -2.17. The molecule has 0 aliphatic heterocycles. The van der Waals surface area contributed by atoms with E-state index in [0.29, 0.717) is 23.2 Å². The highest BCUT2D eigenvalue weighted by Crippen LogP contribution is 2.31. The number of hydrogen-bond acceptors (Lipinski definition) is 4. The predicted molar refractivity (Wildman–Crippen MR) is 181 cm³/mol. The minimum absolute atomic E-state index is 0.169. The Morgan fingerprint density at radius 3 is 2.11 bits per heavy atom. The van der Waals surface area contributed by atoms with Crippen LogP contribution in [0.3, 0.4) is 0 Å². The van der Waals surface area contributed by atoms with Crippen LogP contribution in [0, 0.1) is 0 Å². The number of carbonyl (C=O) groups is 2. The van der Waals surface area contributed by atoms with Gasteiger partial charge in [-0.2, -0.15) is 0 Å². The van der Waals surface area contributed by atoms with Crippen molar-refractivity contribution in [3.05, 3.63) is 150 Å². The molecule has 7 nitrogen and oxygen atoms in total. The van der Waals surface area contributed by atoms with Crippen molar-refractivity contribution in [2.24, 2.45) is 0 Å². The van der Waals surface area contributed by atoms with E-state index in [-0.39, 0.29) is 16.4 Å². The molecule has 46 heavy (non-hydrogen) atoms. The normalized spacial score (nSPS) is 12.1. The molecule has 230 valence electrons. The molecule has 0 fully saturated rings. The van der Waals surface area contributed by atoms with Gasteiger partial charge < -0.3 is 15.0 Å². The van der Waals surface area contributed by atoms with Gasteiger partial charge in [0.1, 0.15) is 0 Å². The van der Waals surface area contributed by atoms with E-state index in [1.165, 1.54) is 18.4 Å². The van der Waals surface area contributed by atoms with Crippen LogP contribution < -0.4 is 5.32 Å². The van der Waals surface area contributed by atoms with Crippen molar-refractivity contribution in [2.45, 2.75) is 24.4 Å². The number of nitrogens with zero attached hydrogens (tertiary/aromatic N) is 1. The van der Waals surface area contributed by atoms with Crippen molar-refractivity contribution in [1.29, 1.82) is 0 Å². The van der Waals surface area contributed by atoms with Crippen LogP contribution in [0.15, 0.2) is 132 Å². The van der Waals surface area contributed by atoms with Gasteiger partial charge in [0, 0.05) is 24.4 Å². The van der Waals surface area contributed by atoms with Gasteiger partial charge in [0.05, 0.1) is 27.6 Å². The van der Waals surface area contributed by atoms with Crippen molar-refractivity contribution in [3.8, 4) is 22.3 Å². The third kappa shape index (κ3) is 6.48. The molecule has 0 bridgehead atoms. The number of aromatic carboxylic acids is 1. The van der Waals surface area contributed by atoms with E-state index in [0.717, 1.165) is 33.2 Å². The summed E-state index contributed by atoms with van der Waals surface area (Å²) in [6, 6.07) is 37.0. The number of aromatic nitrogens is 1. The molecule has 2 N–H and O–H groups in total. The maximum atomic E-state index is 14.0. The molecule has 0 aliphatic rings. The number of carboxylic acid groups (broad SMARTS) is 1. The Bertz CT molecular complexity index is 2170. The number of carboxylic acids is 1. The van der Waals surface area contributed by atoms with Crippen molar-refractivity contribution >= 4 is 32.6 Å². The molecule has 1 heterocycles. The largest absolute Gasteiger partial charge is 0.478 e. The second-order valence-corrected chi connectivity index (χ2v) is 13.4. The molecular formula is C38H32N2O5S. The Morgan fingerprint density at radius 2 is 1.43 bits per heavy atom. The fourth-order valence-corrected chi connectivity index (χ4v) is 6.30. The third-order valence-electron chi connectivity index (χ3n) is 8.12. The molecule has 1 aromatic heterocycles. The van der Waals surface area contributed by atoms with Crippen LogP contribution in [0.1, 0.15) is 44.8 Å². The van der Waals surface area contributed by atoms with E-state index >= 15 is 0 Å². The number of fused-ring (bicyclic) bond motifs is 1. The van der Waals surface area contributed by atoms with Gasteiger partial charge in [-0.25, -0.2) is 13.2 Å². The van der Waals surface area contributed by atoms with Gasteiger partial charge in [-0.1, -0.05) is 78.9 Å². The summed E-state index contributed by atoms with van der Waals surface area (Å²) >= 11 is 0. The number of rotatable bonds is 9. The monoisotopic (exact) mass is 628 g/mol. The fourth-order valence-electron chi connectivity index (χ4n) is 5.63. The van der Waals surface area contributed by atoms with Gasteiger partial charge in [-0.05, 0) is 82.8 Å². The van der Waals surface area contributed by atoms with Crippen molar-refractivity contribution in [2.75, 3.05) is 6.26 Å². The summed E-state index contributed by atoms with van der Waals surface area (Å²) in [6.45, 7) is 2.38. The second-order valence-electron chi connectivity index (χ2n) is 11.4. The molecular weight excluding hydrogens is 596 g/mol. The van der Waals surface area contributed by atoms with Crippen LogP contribution in [-0.4, -0.2) is 36.2 Å². The summed E-state index contributed by atoms with van der Waals surface area (Å²) in [5, 5.41) is 13.2. The minimum Gasteiger partial charge on any atom is -0.478 e. The maximum absolute atomic E-state index is 14.0. The van der Waals surface area contributed by atoms with E-state index < -0.39 is 21.8 Å². The molecule has 0 saturated carbocycles. The SMILES string of the molecule is C[C@H](NC(=O)c1cc(-c2cccc(S(C)(=O)=O)c2)cc2ccn(Cc3ccc(-c4ccccc4)cc3)c12)c1ccc(C(=O)O)cc1. The molecule has 0 radical (unpaired) electrons. The van der Waals surface area contributed by atoms with Crippen LogP contribution in [0.4, 0.5) is 0 Å². The van der Waals surface area contributed by atoms with Gasteiger partial charge in [0.25, 0.3) is 5.91 Å². The minimum atomic E-state index is -3.43. The average molecular weight is 629 g/mol. The lowest BCUT2D eigenvalue weighted by atomic mass is 9.99. The topological polar surface area (TPSA) is 105 Å². The molecule has 1 amide bonds. The number of carbonyl (C=O) groups excluding carboxylic acids is 1. The zero-order valence-corrected chi connectivity index (χ0v) is 26.2. The molecule has 0 unspecified atom stereocenters. The van der Waals surface area contributed by atoms with E-state index in [9.17, 15) is 23.1 Å². The van der Waals surface area contributed by atoms with E-state index in [2.05, 4.69) is 41.7 Å². The molecule has 8 heteroatoms.